The number of ether oxygens (including phenoxy) is 2. The minimum atomic E-state index is -1.21. The van der Waals surface area contributed by atoms with Gasteiger partial charge in [-0.25, -0.2) is 9.78 Å². The second-order valence-electron chi connectivity index (χ2n) is 4.90. The van der Waals surface area contributed by atoms with Crippen LogP contribution in [0, 0.1) is 13.8 Å². The number of esters is 1. The van der Waals surface area contributed by atoms with Gasteiger partial charge in [0.1, 0.15) is 11.5 Å². The number of carbonyl (C=O) groups is 1. The Morgan fingerprint density at radius 3 is 2.67 bits per heavy atom. The molecule has 0 saturated heterocycles. The maximum atomic E-state index is 12.5. The first-order valence-corrected chi connectivity index (χ1v) is 8.43. The van der Waals surface area contributed by atoms with E-state index in [1.54, 1.807) is 38.1 Å². The highest BCUT2D eigenvalue weighted by Gasteiger charge is 2.30. The highest BCUT2D eigenvalue weighted by molar-refractivity contribution is 7.13. The van der Waals surface area contributed by atoms with Crippen molar-refractivity contribution >= 4 is 34.6 Å². The third kappa shape index (κ3) is 4.24. The molecule has 0 bridgehead atoms. The second-order valence-corrected chi connectivity index (χ2v) is 6.47. The topological polar surface area (TPSA) is 81.0 Å². The molecule has 1 heterocycles. The molecule has 0 saturated carbocycles. The fourth-order valence-electron chi connectivity index (χ4n) is 1.98. The van der Waals surface area contributed by atoms with Crippen LogP contribution < -0.4 is 9.47 Å². The number of aryl methyl sites for hydroxylation is 2. The SMILES string of the molecule is CCC(=NO)C(Oc1ccccc1Cl)C(=O)Oc1sc(C)nc1C. The van der Waals surface area contributed by atoms with Gasteiger partial charge in [-0.3, -0.25) is 0 Å². The van der Waals surface area contributed by atoms with Crippen LogP contribution in [-0.2, 0) is 4.79 Å². The van der Waals surface area contributed by atoms with Crippen LogP contribution in [0.4, 0.5) is 0 Å². The Morgan fingerprint density at radius 1 is 1.42 bits per heavy atom. The van der Waals surface area contributed by atoms with Gasteiger partial charge in [0.25, 0.3) is 0 Å². The average molecular weight is 369 g/mol. The summed E-state index contributed by atoms with van der Waals surface area (Å²) in [6.45, 7) is 5.31. The number of rotatable bonds is 6. The first kappa shape index (κ1) is 18.2. The molecule has 2 aromatic rings. The number of aromatic nitrogens is 1. The van der Waals surface area contributed by atoms with Crippen LogP contribution in [0.3, 0.4) is 0 Å². The Kier molecular flexibility index (Phi) is 6.16. The van der Waals surface area contributed by atoms with Gasteiger partial charge in [-0.2, -0.15) is 0 Å². The van der Waals surface area contributed by atoms with Crippen LogP contribution >= 0.6 is 22.9 Å². The lowest BCUT2D eigenvalue weighted by Gasteiger charge is -2.18. The Bertz CT molecular complexity index is 760. The van der Waals surface area contributed by atoms with Crippen LogP contribution in [0.15, 0.2) is 29.4 Å². The third-order valence-corrected chi connectivity index (χ3v) is 4.41. The summed E-state index contributed by atoms with van der Waals surface area (Å²) in [4.78, 5) is 16.8. The molecule has 1 atom stereocenters. The highest BCUT2D eigenvalue weighted by Crippen LogP contribution is 2.28. The molecule has 2 rings (SSSR count). The summed E-state index contributed by atoms with van der Waals surface area (Å²) < 4.78 is 11.0. The molecule has 24 heavy (non-hydrogen) atoms. The monoisotopic (exact) mass is 368 g/mol. The molecule has 1 aromatic carbocycles. The van der Waals surface area contributed by atoms with E-state index in [4.69, 9.17) is 21.1 Å². The van der Waals surface area contributed by atoms with E-state index in [1.165, 1.54) is 11.3 Å². The number of halogens is 1. The molecule has 0 amide bonds. The quantitative estimate of drug-likeness (QED) is 0.360. The number of thiazole rings is 1. The standard InChI is InChI=1S/C16H17ClN2O4S/c1-4-12(19-21)14(22-13-8-6-5-7-11(13)17)15(20)23-16-9(2)18-10(3)24-16/h5-8,14,21H,4H2,1-3H3. The van der Waals surface area contributed by atoms with Crippen molar-refractivity contribution in [2.45, 2.75) is 33.3 Å². The number of carbonyl (C=O) groups excluding carboxylic acids is 1. The van der Waals surface area contributed by atoms with E-state index >= 15 is 0 Å². The number of para-hydroxylation sites is 1. The first-order valence-electron chi connectivity index (χ1n) is 7.24. The zero-order chi connectivity index (χ0) is 17.7. The van der Waals surface area contributed by atoms with Crippen molar-refractivity contribution in [1.82, 2.24) is 4.98 Å². The van der Waals surface area contributed by atoms with Crippen molar-refractivity contribution in [2.24, 2.45) is 5.16 Å². The minimum Gasteiger partial charge on any atom is -0.471 e. The van der Waals surface area contributed by atoms with Gasteiger partial charge in [0.2, 0.25) is 11.2 Å². The van der Waals surface area contributed by atoms with Gasteiger partial charge in [0.05, 0.1) is 15.7 Å². The Morgan fingerprint density at radius 2 is 2.12 bits per heavy atom. The molecule has 0 radical (unpaired) electrons. The smallest absolute Gasteiger partial charge is 0.359 e. The van der Waals surface area contributed by atoms with Gasteiger partial charge in [0, 0.05) is 0 Å². The number of hydrogen-bond donors (Lipinski definition) is 1. The zero-order valence-corrected chi connectivity index (χ0v) is 15.0. The predicted octanol–water partition coefficient (Wildman–Crippen LogP) is 4.01. The molecule has 1 unspecified atom stereocenters. The van der Waals surface area contributed by atoms with Gasteiger partial charge in [-0.05, 0) is 32.4 Å². The van der Waals surface area contributed by atoms with Crippen molar-refractivity contribution in [1.29, 1.82) is 0 Å². The van der Waals surface area contributed by atoms with Crippen LogP contribution in [-0.4, -0.2) is 28.0 Å². The third-order valence-electron chi connectivity index (χ3n) is 3.14. The number of nitrogens with zero attached hydrogens (tertiary/aromatic N) is 2. The molecule has 0 fully saturated rings. The fourth-order valence-corrected chi connectivity index (χ4v) is 2.93. The Balaban J connectivity index is 2.27. The average Bonchev–Trinajstić information content (AvgIpc) is 2.86. The molecular formula is C16H17ClN2O4S. The Labute approximate surface area is 148 Å². The van der Waals surface area contributed by atoms with Crippen LogP contribution in [0.1, 0.15) is 24.0 Å². The van der Waals surface area contributed by atoms with Gasteiger partial charge in [-0.1, -0.05) is 47.1 Å². The van der Waals surface area contributed by atoms with Crippen molar-refractivity contribution in [2.75, 3.05) is 0 Å². The maximum absolute atomic E-state index is 12.5. The molecular weight excluding hydrogens is 352 g/mol. The van der Waals surface area contributed by atoms with Gasteiger partial charge >= 0.3 is 5.97 Å². The molecule has 0 aliphatic heterocycles. The van der Waals surface area contributed by atoms with E-state index < -0.39 is 12.1 Å². The van der Waals surface area contributed by atoms with E-state index in [2.05, 4.69) is 10.1 Å². The molecule has 1 N–H and O–H groups in total. The molecule has 0 aliphatic rings. The zero-order valence-electron chi connectivity index (χ0n) is 13.4. The van der Waals surface area contributed by atoms with Crippen LogP contribution in [0.25, 0.3) is 0 Å². The van der Waals surface area contributed by atoms with E-state index in [-0.39, 0.29) is 5.71 Å². The number of oxime groups is 1. The molecule has 1 aromatic heterocycles. The van der Waals surface area contributed by atoms with Crippen molar-refractivity contribution in [3.8, 4) is 10.8 Å². The second kappa shape index (κ2) is 8.12. The van der Waals surface area contributed by atoms with Crippen LogP contribution in [0.5, 0.6) is 10.8 Å². The lowest BCUT2D eigenvalue weighted by Crippen LogP contribution is -2.38. The van der Waals surface area contributed by atoms with Crippen molar-refractivity contribution < 1.29 is 19.5 Å². The molecule has 128 valence electrons. The van der Waals surface area contributed by atoms with E-state index in [1.807, 2.05) is 6.92 Å². The summed E-state index contributed by atoms with van der Waals surface area (Å²) in [5.74, 6) is -0.399. The van der Waals surface area contributed by atoms with Gasteiger partial charge < -0.3 is 14.7 Å². The molecule has 0 aliphatic carbocycles. The van der Waals surface area contributed by atoms with E-state index in [0.717, 1.165) is 5.01 Å². The molecule has 6 nitrogen and oxygen atoms in total. The lowest BCUT2D eigenvalue weighted by molar-refractivity contribution is -0.139. The fraction of sp³-hybridized carbons (Fsp3) is 0.312. The summed E-state index contributed by atoms with van der Waals surface area (Å²) in [6.07, 6.45) is -0.900. The molecule has 0 spiro atoms. The van der Waals surface area contributed by atoms with Gasteiger partial charge in [-0.15, -0.1) is 0 Å². The summed E-state index contributed by atoms with van der Waals surface area (Å²) in [7, 11) is 0. The maximum Gasteiger partial charge on any atom is 0.359 e. The predicted molar refractivity (Wildman–Crippen MR) is 92.6 cm³/mol. The summed E-state index contributed by atoms with van der Waals surface area (Å²) in [5.41, 5.74) is 0.750. The first-order chi connectivity index (χ1) is 11.5. The van der Waals surface area contributed by atoms with E-state index in [9.17, 15) is 10.0 Å². The largest absolute Gasteiger partial charge is 0.471 e. The number of benzene rings is 1. The molecule has 8 heteroatoms. The minimum absolute atomic E-state index is 0.138. The van der Waals surface area contributed by atoms with Crippen LogP contribution in [0.2, 0.25) is 5.02 Å². The summed E-state index contributed by atoms with van der Waals surface area (Å²) in [6, 6.07) is 6.72. The highest BCUT2D eigenvalue weighted by atomic mass is 35.5. The van der Waals surface area contributed by atoms with Crippen molar-refractivity contribution in [3.05, 3.63) is 40.0 Å². The lowest BCUT2D eigenvalue weighted by atomic mass is 10.1. The summed E-state index contributed by atoms with van der Waals surface area (Å²) in [5, 5.41) is 13.8. The normalized spacial score (nSPS) is 12.8. The van der Waals surface area contributed by atoms with Gasteiger partial charge in [0.15, 0.2) is 0 Å². The summed E-state index contributed by atoms with van der Waals surface area (Å²) >= 11 is 7.32. The Hall–Kier alpha value is -2.12. The van der Waals surface area contributed by atoms with Crippen molar-refractivity contribution in [3.63, 3.8) is 0 Å². The number of hydrogen-bond acceptors (Lipinski definition) is 7. The van der Waals surface area contributed by atoms with E-state index in [0.29, 0.717) is 28.0 Å².